The number of ether oxygens (including phenoxy) is 2. The molecular weight excluding hydrogens is 805 g/mol. The molecule has 12 nitrogen and oxygen atoms in total. The molecule has 3 heterocycles. The number of carbonyl (C=O) groups excluding carboxylic acids is 2. The molecule has 1 saturated heterocycles. The number of rotatable bonds is 4. The van der Waals surface area contributed by atoms with E-state index < -0.39 is 64.8 Å². The van der Waals surface area contributed by atoms with Gasteiger partial charge in [-0.3, -0.25) is 9.59 Å². The molecule has 0 unspecified atom stereocenters. The van der Waals surface area contributed by atoms with E-state index in [0.717, 1.165) is 49.1 Å². The maximum atomic E-state index is 15.3. The molecule has 60 heavy (non-hydrogen) atoms. The van der Waals surface area contributed by atoms with Gasteiger partial charge >= 0.3 is 0 Å². The Labute approximate surface area is 355 Å². The highest BCUT2D eigenvalue weighted by Crippen LogP contribution is 2.72. The number of benzene rings is 2. The van der Waals surface area contributed by atoms with Crippen LogP contribution in [-0.4, -0.2) is 96.7 Å². The fourth-order valence-electron chi connectivity index (χ4n) is 13.6. The zero-order chi connectivity index (χ0) is 41.3. The molecule has 316 valence electrons. The average molecular weight is 855 g/mol. The van der Waals surface area contributed by atoms with Crippen LogP contribution < -0.4 is 15.4 Å². The topological polar surface area (TPSA) is 198 Å². The number of ketones is 2. The first-order chi connectivity index (χ1) is 29.0. The van der Waals surface area contributed by atoms with E-state index in [-0.39, 0.29) is 65.0 Å². The Morgan fingerprint density at radius 2 is 1.82 bits per heavy atom. The van der Waals surface area contributed by atoms with Gasteiger partial charge in [0.15, 0.2) is 11.6 Å². The van der Waals surface area contributed by atoms with Gasteiger partial charge in [-0.2, -0.15) is 0 Å². The summed E-state index contributed by atoms with van der Waals surface area (Å²) in [6, 6.07) is 12.1. The zero-order valence-electron chi connectivity index (χ0n) is 33.0. The monoisotopic (exact) mass is 854 g/mol. The van der Waals surface area contributed by atoms with Crippen LogP contribution in [0.4, 0.5) is 0 Å². The van der Waals surface area contributed by atoms with Crippen LogP contribution >= 0.6 is 21.6 Å². The molecule has 3 aliphatic heterocycles. The standard InChI is InChI=1S/C46H50N2O10S2/c49-19-24-5-1-4-23(10-24)11-25-12-32-37(52)29-7-2-8-33-36(29)39(53)45(32,34(51)13-25)21-59-60-22-48-35-16-31-30(18-47-35)26-14-27-17-43(20-50)42(55)46(56,40(54)41(57-33)58-43)38(27)44(31)9-3-6-28(44)15-26/h1-2,4-5,7-8,10,12-13,16,26-28,32,38,40-42,47-51,54-56H,3,6,9,11,14-15,17-22H2/t26-,27-,28-,32-,38+,40+,41-,42-,43-,44+,45+,46-/m1/s1. The van der Waals surface area contributed by atoms with Crippen LogP contribution in [0.2, 0.25) is 0 Å². The third-order valence-corrected chi connectivity index (χ3v) is 18.2. The van der Waals surface area contributed by atoms with Crippen molar-refractivity contribution in [2.75, 3.05) is 24.8 Å². The highest BCUT2D eigenvalue weighted by Gasteiger charge is 2.76. The van der Waals surface area contributed by atoms with E-state index in [0.29, 0.717) is 24.4 Å². The lowest BCUT2D eigenvalue weighted by Crippen LogP contribution is -2.81. The molecular formula is C46H50N2O10S2. The summed E-state index contributed by atoms with van der Waals surface area (Å²) in [5, 5.41) is 78.5. The van der Waals surface area contributed by atoms with Crippen molar-refractivity contribution in [1.29, 1.82) is 0 Å². The van der Waals surface area contributed by atoms with Crippen LogP contribution in [0.5, 0.6) is 5.75 Å². The first-order valence-electron chi connectivity index (χ1n) is 21.2. The van der Waals surface area contributed by atoms with Crippen molar-refractivity contribution in [3.63, 3.8) is 0 Å². The van der Waals surface area contributed by atoms with Gasteiger partial charge in [-0.1, -0.05) is 70.5 Å². The molecule has 7 aliphatic carbocycles. The molecule has 2 spiro atoms. The van der Waals surface area contributed by atoms with Crippen molar-refractivity contribution in [2.24, 2.45) is 40.4 Å². The van der Waals surface area contributed by atoms with Crippen molar-refractivity contribution in [2.45, 2.75) is 81.3 Å². The molecule has 3 saturated carbocycles. The summed E-state index contributed by atoms with van der Waals surface area (Å²) in [5.74, 6) is -1.29. The lowest BCUT2D eigenvalue weighted by Gasteiger charge is -2.65. The van der Waals surface area contributed by atoms with Crippen LogP contribution in [0.25, 0.3) is 0 Å². The second-order valence-electron chi connectivity index (χ2n) is 18.6. The SMILES string of the molecule is O=C1c2cccc3c2C(=O)[C@]2(CSSCNC4=CC5=C(CN4)[C@@H]4C[C@@H]6C[C@]7(CO)O[C@@H](O3)[C@H](O)[C@@](O)([C@@H]7O)[C@@H]6[C@]53CCC[C@@H]3C4)C(O)=CC(Cc3cccc(CO)c3)=C[C@H]12. The Balaban J connectivity index is 1.05. The number of hydrogen-bond acceptors (Lipinski definition) is 14. The maximum absolute atomic E-state index is 15.3. The number of aliphatic hydroxyl groups is 6. The third-order valence-electron chi connectivity index (χ3n) is 16.0. The molecule has 14 heteroatoms. The molecule has 2 aromatic rings. The fraction of sp³-hybridized carbons (Fsp3) is 0.522. The zero-order valence-corrected chi connectivity index (χ0v) is 34.6. The van der Waals surface area contributed by atoms with Gasteiger partial charge in [-0.15, -0.1) is 0 Å². The molecule has 8 N–H and O–H groups in total. The van der Waals surface area contributed by atoms with E-state index in [4.69, 9.17) is 9.47 Å². The van der Waals surface area contributed by atoms with Crippen molar-refractivity contribution < 1.29 is 49.7 Å². The van der Waals surface area contributed by atoms with E-state index in [9.17, 15) is 35.4 Å². The van der Waals surface area contributed by atoms with Gasteiger partial charge in [-0.05, 0) is 102 Å². The van der Waals surface area contributed by atoms with E-state index in [1.807, 2.05) is 24.3 Å². The smallest absolute Gasteiger partial charge is 0.229 e. The highest BCUT2D eigenvalue weighted by atomic mass is 33.1. The Morgan fingerprint density at radius 3 is 2.65 bits per heavy atom. The number of dihydropyridines is 1. The van der Waals surface area contributed by atoms with Crippen molar-refractivity contribution >= 4 is 33.2 Å². The number of fused-ring (bicyclic) bond motifs is 2. The lowest BCUT2D eigenvalue weighted by molar-refractivity contribution is -0.392. The summed E-state index contributed by atoms with van der Waals surface area (Å²) in [6.07, 6.45) is 5.39. The van der Waals surface area contributed by atoms with Gasteiger partial charge < -0.3 is 50.7 Å². The van der Waals surface area contributed by atoms with Gasteiger partial charge in [0.2, 0.25) is 6.29 Å². The summed E-state index contributed by atoms with van der Waals surface area (Å²) in [6.45, 7) is -0.145. The predicted octanol–water partition coefficient (Wildman–Crippen LogP) is 4.23. The number of Topliss-reactive ketones (excluding diaryl/α,β-unsaturated/α-hetero) is 2. The lowest BCUT2D eigenvalue weighted by atomic mass is 9.47. The molecule has 12 rings (SSSR count). The summed E-state index contributed by atoms with van der Waals surface area (Å²) in [4.78, 5) is 30.2. The van der Waals surface area contributed by atoms with Crippen molar-refractivity contribution in [1.82, 2.24) is 10.6 Å². The molecule has 10 aliphatic rings. The minimum atomic E-state index is -2.18. The van der Waals surface area contributed by atoms with Crippen molar-refractivity contribution in [3.8, 4) is 5.75 Å². The maximum Gasteiger partial charge on any atom is 0.229 e. The summed E-state index contributed by atoms with van der Waals surface area (Å²) in [7, 11) is 2.87. The average Bonchev–Trinajstić information content (AvgIpc) is 3.57. The molecule has 2 aromatic carbocycles. The van der Waals surface area contributed by atoms with Gasteiger partial charge in [-0.25, -0.2) is 0 Å². The van der Waals surface area contributed by atoms with Crippen molar-refractivity contribution in [3.05, 3.63) is 111 Å². The first-order valence-corrected chi connectivity index (χ1v) is 23.7. The Bertz CT molecular complexity index is 2330. The molecule has 0 radical (unpaired) electrons. The molecule has 10 bridgehead atoms. The van der Waals surface area contributed by atoms with Crippen LogP contribution in [0, 0.1) is 40.4 Å². The van der Waals surface area contributed by atoms with Crippen LogP contribution in [0.3, 0.4) is 0 Å². The van der Waals surface area contributed by atoms with E-state index in [2.05, 4.69) is 16.7 Å². The number of aliphatic hydroxyl groups excluding tert-OH is 5. The second kappa shape index (κ2) is 14.0. The van der Waals surface area contributed by atoms with Gasteiger partial charge in [0.25, 0.3) is 0 Å². The number of carbonyl (C=O) groups is 2. The fourth-order valence-corrected chi connectivity index (χ4v) is 15.8. The van der Waals surface area contributed by atoms with Gasteiger partial charge in [0, 0.05) is 29.2 Å². The minimum Gasteiger partial charge on any atom is -0.511 e. The normalized spacial score (nSPS) is 41.2. The summed E-state index contributed by atoms with van der Waals surface area (Å²) in [5.41, 5.74) is -1.33. The second-order valence-corrected chi connectivity index (χ2v) is 21.1. The summed E-state index contributed by atoms with van der Waals surface area (Å²) < 4.78 is 13.1. The van der Waals surface area contributed by atoms with Crippen LogP contribution in [0.1, 0.15) is 70.4 Å². The van der Waals surface area contributed by atoms with Gasteiger partial charge in [0.1, 0.15) is 40.3 Å². The first kappa shape index (κ1) is 39.3. The Hall–Kier alpha value is -3.60. The van der Waals surface area contributed by atoms with Crippen LogP contribution in [-0.2, 0) is 17.8 Å². The van der Waals surface area contributed by atoms with E-state index in [1.165, 1.54) is 38.8 Å². The number of nitrogens with one attached hydrogen (secondary N) is 2. The molecule has 12 atom stereocenters. The highest BCUT2D eigenvalue weighted by molar-refractivity contribution is 8.76. The molecule has 4 fully saturated rings. The number of allylic oxidation sites excluding steroid dienone is 6. The predicted molar refractivity (Wildman–Crippen MR) is 223 cm³/mol. The number of hydrogen-bond donors (Lipinski definition) is 8. The minimum absolute atomic E-state index is 0.0495. The quantitative estimate of drug-likeness (QED) is 0.204. The summed E-state index contributed by atoms with van der Waals surface area (Å²) >= 11 is 0. The molecule has 0 aromatic heterocycles. The van der Waals surface area contributed by atoms with Gasteiger partial charge in [0.05, 0.1) is 36.4 Å². The van der Waals surface area contributed by atoms with E-state index >= 15 is 4.79 Å². The Morgan fingerprint density at radius 1 is 0.983 bits per heavy atom. The third kappa shape index (κ3) is 5.22. The molecule has 0 amide bonds. The van der Waals surface area contributed by atoms with Crippen LogP contribution in [0.15, 0.2) is 89.0 Å². The van der Waals surface area contributed by atoms with E-state index in [1.54, 1.807) is 24.3 Å². The Kier molecular flexibility index (Phi) is 9.13. The largest absolute Gasteiger partial charge is 0.511 e.